The predicted molar refractivity (Wildman–Crippen MR) is 66.4 cm³/mol. The van der Waals surface area contributed by atoms with E-state index in [2.05, 4.69) is 6.58 Å². The summed E-state index contributed by atoms with van der Waals surface area (Å²) < 4.78 is 16.7. The van der Waals surface area contributed by atoms with Gasteiger partial charge in [0.1, 0.15) is 18.1 Å². The summed E-state index contributed by atoms with van der Waals surface area (Å²) in [4.78, 5) is 0. The van der Waals surface area contributed by atoms with Crippen LogP contribution in [-0.4, -0.2) is 19.5 Å². The van der Waals surface area contributed by atoms with Crippen LogP contribution in [-0.2, 0) is 4.74 Å². The summed E-state index contributed by atoms with van der Waals surface area (Å²) in [5.41, 5.74) is 0. The van der Waals surface area contributed by atoms with Crippen LogP contribution in [0.4, 0.5) is 0 Å². The van der Waals surface area contributed by atoms with Crippen LogP contribution in [0.2, 0.25) is 0 Å². The van der Waals surface area contributed by atoms with Gasteiger partial charge in [0.25, 0.3) is 0 Å². The van der Waals surface area contributed by atoms with Crippen molar-refractivity contribution in [3.63, 3.8) is 0 Å². The van der Waals surface area contributed by atoms with Gasteiger partial charge in [-0.15, -0.1) is 0 Å². The Kier molecular flexibility index (Phi) is 4.45. The molecule has 0 bridgehead atoms. The van der Waals surface area contributed by atoms with Gasteiger partial charge in [-0.1, -0.05) is 18.7 Å². The highest BCUT2D eigenvalue weighted by Gasteiger charge is 2.15. The molecular formula is C14H18O3. The van der Waals surface area contributed by atoms with Crippen molar-refractivity contribution in [2.45, 2.75) is 25.6 Å². The SMILES string of the molecule is C=CCOc1cccc(OC2CCCCO2)c1. The second kappa shape index (κ2) is 6.30. The molecule has 0 saturated carbocycles. The lowest BCUT2D eigenvalue weighted by Gasteiger charge is -2.23. The Morgan fingerprint density at radius 3 is 3.00 bits per heavy atom. The van der Waals surface area contributed by atoms with Gasteiger partial charge >= 0.3 is 0 Å². The lowest BCUT2D eigenvalue weighted by atomic mass is 10.2. The highest BCUT2D eigenvalue weighted by molar-refractivity contribution is 5.33. The molecule has 1 atom stereocenters. The molecule has 0 aromatic heterocycles. The highest BCUT2D eigenvalue weighted by atomic mass is 16.7. The topological polar surface area (TPSA) is 27.7 Å². The zero-order chi connectivity index (χ0) is 11.9. The van der Waals surface area contributed by atoms with Crippen LogP contribution in [0, 0.1) is 0 Å². The van der Waals surface area contributed by atoms with Crippen LogP contribution in [0.1, 0.15) is 19.3 Å². The quantitative estimate of drug-likeness (QED) is 0.732. The Bertz CT molecular complexity index is 356. The van der Waals surface area contributed by atoms with Crippen molar-refractivity contribution in [3.05, 3.63) is 36.9 Å². The van der Waals surface area contributed by atoms with E-state index in [-0.39, 0.29) is 6.29 Å². The Morgan fingerprint density at radius 2 is 2.24 bits per heavy atom. The zero-order valence-electron chi connectivity index (χ0n) is 9.93. The molecule has 1 saturated heterocycles. The van der Waals surface area contributed by atoms with Gasteiger partial charge in [-0.2, -0.15) is 0 Å². The summed E-state index contributed by atoms with van der Waals surface area (Å²) in [6.45, 7) is 4.91. The standard InChI is InChI=1S/C14H18O3/c1-2-9-15-12-6-5-7-13(11-12)17-14-8-3-4-10-16-14/h2,5-7,11,14H,1,3-4,8-10H2. The second-order valence-corrected chi connectivity index (χ2v) is 3.99. The zero-order valence-corrected chi connectivity index (χ0v) is 9.93. The van der Waals surface area contributed by atoms with Crippen molar-refractivity contribution in [2.75, 3.05) is 13.2 Å². The minimum atomic E-state index is -0.113. The molecule has 1 aromatic rings. The third-order valence-electron chi connectivity index (χ3n) is 2.58. The number of hydrogen-bond donors (Lipinski definition) is 0. The molecule has 1 aliphatic heterocycles. The highest BCUT2D eigenvalue weighted by Crippen LogP contribution is 2.23. The van der Waals surface area contributed by atoms with Crippen LogP contribution < -0.4 is 9.47 Å². The normalized spacial score (nSPS) is 19.6. The molecule has 0 radical (unpaired) electrons. The largest absolute Gasteiger partial charge is 0.489 e. The van der Waals surface area contributed by atoms with E-state index in [0.29, 0.717) is 6.61 Å². The summed E-state index contributed by atoms with van der Waals surface area (Å²) in [6.07, 6.45) is 4.85. The summed E-state index contributed by atoms with van der Waals surface area (Å²) in [6, 6.07) is 7.61. The maximum Gasteiger partial charge on any atom is 0.199 e. The fourth-order valence-corrected chi connectivity index (χ4v) is 1.75. The van der Waals surface area contributed by atoms with Crippen LogP contribution >= 0.6 is 0 Å². The van der Waals surface area contributed by atoms with Gasteiger partial charge in [-0.3, -0.25) is 0 Å². The molecule has 3 nitrogen and oxygen atoms in total. The average molecular weight is 234 g/mol. The van der Waals surface area contributed by atoms with Crippen molar-refractivity contribution in [3.8, 4) is 11.5 Å². The van der Waals surface area contributed by atoms with E-state index < -0.39 is 0 Å². The number of benzene rings is 1. The van der Waals surface area contributed by atoms with E-state index in [1.54, 1.807) is 6.08 Å². The first kappa shape index (κ1) is 12.0. The van der Waals surface area contributed by atoms with Gasteiger partial charge in [-0.05, 0) is 25.0 Å². The molecule has 1 aliphatic rings. The molecule has 1 unspecified atom stereocenters. The molecule has 17 heavy (non-hydrogen) atoms. The van der Waals surface area contributed by atoms with Gasteiger partial charge < -0.3 is 14.2 Å². The predicted octanol–water partition coefficient (Wildman–Crippen LogP) is 3.16. The molecule has 0 spiro atoms. The summed E-state index contributed by atoms with van der Waals surface area (Å²) in [7, 11) is 0. The molecule has 0 N–H and O–H groups in total. The monoisotopic (exact) mass is 234 g/mol. The van der Waals surface area contributed by atoms with Gasteiger partial charge in [0.05, 0.1) is 6.61 Å². The van der Waals surface area contributed by atoms with Crippen molar-refractivity contribution in [1.82, 2.24) is 0 Å². The summed E-state index contributed by atoms with van der Waals surface area (Å²) in [5, 5.41) is 0. The summed E-state index contributed by atoms with van der Waals surface area (Å²) >= 11 is 0. The molecule has 92 valence electrons. The van der Waals surface area contributed by atoms with E-state index in [9.17, 15) is 0 Å². The van der Waals surface area contributed by atoms with Gasteiger partial charge in [0.2, 0.25) is 0 Å². The van der Waals surface area contributed by atoms with Crippen LogP contribution in [0.5, 0.6) is 11.5 Å². The number of ether oxygens (including phenoxy) is 3. The lowest BCUT2D eigenvalue weighted by Crippen LogP contribution is -2.24. The first-order valence-corrected chi connectivity index (χ1v) is 6.00. The molecule has 1 fully saturated rings. The molecule has 0 amide bonds. The van der Waals surface area contributed by atoms with E-state index >= 15 is 0 Å². The van der Waals surface area contributed by atoms with Crippen molar-refractivity contribution in [1.29, 1.82) is 0 Å². The maximum atomic E-state index is 5.75. The molecule has 1 heterocycles. The van der Waals surface area contributed by atoms with E-state index in [0.717, 1.165) is 37.4 Å². The van der Waals surface area contributed by atoms with Crippen LogP contribution in [0.15, 0.2) is 36.9 Å². The Balaban J connectivity index is 1.92. The molecular weight excluding hydrogens is 216 g/mol. The first-order valence-electron chi connectivity index (χ1n) is 6.00. The Morgan fingerprint density at radius 1 is 1.35 bits per heavy atom. The molecule has 2 rings (SSSR count). The van der Waals surface area contributed by atoms with Crippen molar-refractivity contribution < 1.29 is 14.2 Å². The maximum absolute atomic E-state index is 5.75. The van der Waals surface area contributed by atoms with E-state index in [1.807, 2.05) is 24.3 Å². The van der Waals surface area contributed by atoms with Gasteiger partial charge in [0, 0.05) is 12.5 Å². The van der Waals surface area contributed by atoms with Crippen LogP contribution in [0.25, 0.3) is 0 Å². The molecule has 0 aliphatic carbocycles. The van der Waals surface area contributed by atoms with Gasteiger partial charge in [-0.25, -0.2) is 0 Å². The van der Waals surface area contributed by atoms with Crippen molar-refractivity contribution >= 4 is 0 Å². The third-order valence-corrected chi connectivity index (χ3v) is 2.58. The van der Waals surface area contributed by atoms with Crippen molar-refractivity contribution in [2.24, 2.45) is 0 Å². The smallest absolute Gasteiger partial charge is 0.199 e. The fraction of sp³-hybridized carbons (Fsp3) is 0.429. The summed E-state index contributed by atoms with van der Waals surface area (Å²) in [5.74, 6) is 1.58. The Labute approximate surface area is 102 Å². The van der Waals surface area contributed by atoms with Crippen LogP contribution in [0.3, 0.4) is 0 Å². The molecule has 1 aromatic carbocycles. The van der Waals surface area contributed by atoms with E-state index in [4.69, 9.17) is 14.2 Å². The number of rotatable bonds is 5. The average Bonchev–Trinajstić information content (AvgIpc) is 2.38. The van der Waals surface area contributed by atoms with E-state index in [1.165, 1.54) is 0 Å². The lowest BCUT2D eigenvalue weighted by molar-refractivity contribution is -0.105. The minimum absolute atomic E-state index is 0.113. The van der Waals surface area contributed by atoms with Gasteiger partial charge in [0.15, 0.2) is 6.29 Å². The molecule has 3 heteroatoms. The Hall–Kier alpha value is -1.48. The second-order valence-electron chi connectivity index (χ2n) is 3.99. The first-order chi connectivity index (χ1) is 8.38. The fourth-order valence-electron chi connectivity index (χ4n) is 1.75. The third kappa shape index (κ3) is 3.79. The number of hydrogen-bond acceptors (Lipinski definition) is 3. The minimum Gasteiger partial charge on any atom is -0.489 e.